The van der Waals surface area contributed by atoms with Gasteiger partial charge in [-0.15, -0.1) is 11.8 Å². The highest BCUT2D eigenvalue weighted by Gasteiger charge is 2.49. The summed E-state index contributed by atoms with van der Waals surface area (Å²) in [5, 5.41) is -0.496. The fourth-order valence-electron chi connectivity index (χ4n) is 8.85. The first-order valence-corrected chi connectivity index (χ1v) is 25.5. The van der Waals surface area contributed by atoms with Crippen molar-refractivity contribution in [3.63, 3.8) is 0 Å². The van der Waals surface area contributed by atoms with Gasteiger partial charge in [-0.3, -0.25) is 0 Å². The molecule has 0 spiro atoms. The van der Waals surface area contributed by atoms with Crippen LogP contribution in [0.25, 0.3) is 0 Å². The van der Waals surface area contributed by atoms with Gasteiger partial charge in [-0.05, 0) is 69.6 Å². The lowest BCUT2D eigenvalue weighted by molar-refractivity contribution is -0.160. The van der Waals surface area contributed by atoms with Crippen LogP contribution in [0.2, 0.25) is 0 Å². The Bertz CT molecular complexity index is 2760. The maximum Gasteiger partial charge on any atom is 0.127 e. The number of hydrogen-bond acceptors (Lipinski definition) is 8. The summed E-state index contributed by atoms with van der Waals surface area (Å²) in [6.07, 6.45) is -0.869. The molecule has 0 aliphatic carbocycles. The molecular formula is C63H62O7S. The Morgan fingerprint density at radius 1 is 0.380 bits per heavy atom. The predicted octanol–water partition coefficient (Wildman–Crippen LogP) is 14.0. The molecule has 7 nitrogen and oxygen atoms in total. The number of ether oxygens (including phenoxy) is 7. The molecule has 8 aromatic carbocycles. The zero-order valence-corrected chi connectivity index (χ0v) is 41.1. The van der Waals surface area contributed by atoms with Gasteiger partial charge in [-0.2, -0.15) is 0 Å². The summed E-state index contributed by atoms with van der Waals surface area (Å²) in [6.45, 7) is 5.35. The van der Waals surface area contributed by atoms with Crippen LogP contribution >= 0.6 is 11.8 Å². The predicted molar refractivity (Wildman–Crippen MR) is 284 cm³/mol. The SMILES string of the molecule is CCOc1ccc(Cc2cc([C@@H]3S[C@H](COCc4ccccc4)[C@@H](OCc4ccccc4)[C@H](OCc4ccccc4)[C@H]3OCc3ccccc3)c(OCc3ccccc3)cc2OCc2ccccc2)cc1. The zero-order valence-electron chi connectivity index (χ0n) is 40.3. The fraction of sp³-hybridized carbons (Fsp3) is 0.238. The van der Waals surface area contributed by atoms with Gasteiger partial charge in [0.05, 0.1) is 50.1 Å². The molecule has 71 heavy (non-hydrogen) atoms. The molecular weight excluding hydrogens is 901 g/mol. The van der Waals surface area contributed by atoms with Crippen LogP contribution in [0.3, 0.4) is 0 Å². The second kappa shape index (κ2) is 26.0. The Kier molecular flexibility index (Phi) is 18.1. The Morgan fingerprint density at radius 2 is 0.803 bits per heavy atom. The highest BCUT2D eigenvalue weighted by Crippen LogP contribution is 2.51. The molecule has 1 heterocycles. The molecule has 1 saturated heterocycles. The molecule has 8 aromatic rings. The van der Waals surface area contributed by atoms with Crippen LogP contribution < -0.4 is 14.2 Å². The molecule has 1 aliphatic rings. The first-order chi connectivity index (χ1) is 35.1. The van der Waals surface area contributed by atoms with Crippen molar-refractivity contribution in [2.45, 2.75) is 81.8 Å². The minimum absolute atomic E-state index is 0.185. The first-order valence-electron chi connectivity index (χ1n) is 24.6. The van der Waals surface area contributed by atoms with Gasteiger partial charge in [-0.25, -0.2) is 0 Å². The average molecular weight is 963 g/mol. The van der Waals surface area contributed by atoms with Gasteiger partial charge in [0.15, 0.2) is 0 Å². The fourth-order valence-corrected chi connectivity index (χ4v) is 10.5. The zero-order chi connectivity index (χ0) is 48.3. The normalized spacial score (nSPS) is 17.6. The number of thioether (sulfide) groups is 1. The standard InChI is InChI=1S/C63H62O7S/c1-2-65-55-35-33-47(34-36-55)37-54-38-56(58(67-42-50-25-13-5-14-26-50)39-57(54)66-41-49-23-11-4-12-24-49)63-62(70-45-53-31-19-8-20-32-53)61(69-44-52-29-17-7-18-30-52)60(68-43-51-27-15-6-16-28-51)59(71-63)46-64-40-48-21-9-3-10-22-48/h3-36,38-39,59-63H,2,37,40-46H2,1H3/t59-,60-,61+,62-,63+/m1/s1. The molecule has 9 rings (SSSR count). The van der Waals surface area contributed by atoms with Gasteiger partial charge in [0.2, 0.25) is 0 Å². The van der Waals surface area contributed by atoms with E-state index in [2.05, 4.69) is 133 Å². The summed E-state index contributed by atoms with van der Waals surface area (Å²) in [5.41, 5.74) is 9.58. The number of hydrogen-bond donors (Lipinski definition) is 0. The third-order valence-electron chi connectivity index (χ3n) is 12.5. The molecule has 0 bridgehead atoms. The average Bonchev–Trinajstić information content (AvgIpc) is 3.43. The van der Waals surface area contributed by atoms with Crippen molar-refractivity contribution in [2.24, 2.45) is 0 Å². The van der Waals surface area contributed by atoms with Crippen LogP contribution in [0.4, 0.5) is 0 Å². The van der Waals surface area contributed by atoms with Crippen molar-refractivity contribution in [2.75, 3.05) is 13.2 Å². The summed E-state index contributed by atoms with van der Waals surface area (Å²) in [6, 6.07) is 74.7. The van der Waals surface area contributed by atoms with Crippen molar-refractivity contribution < 1.29 is 33.2 Å². The molecule has 0 radical (unpaired) electrons. The second-order valence-electron chi connectivity index (χ2n) is 17.7. The van der Waals surface area contributed by atoms with Crippen LogP contribution in [0, 0.1) is 0 Å². The highest BCUT2D eigenvalue weighted by atomic mass is 32.2. The van der Waals surface area contributed by atoms with Crippen molar-refractivity contribution in [1.29, 1.82) is 0 Å². The topological polar surface area (TPSA) is 64.6 Å². The summed E-state index contributed by atoms with van der Waals surface area (Å²) in [7, 11) is 0. The number of rotatable bonds is 24. The lowest BCUT2D eigenvalue weighted by Crippen LogP contribution is -2.54. The van der Waals surface area contributed by atoms with E-state index >= 15 is 0 Å². The maximum absolute atomic E-state index is 7.32. The van der Waals surface area contributed by atoms with Gasteiger partial charge in [-0.1, -0.05) is 194 Å². The highest BCUT2D eigenvalue weighted by molar-refractivity contribution is 8.00. The lowest BCUT2D eigenvalue weighted by Gasteiger charge is -2.46. The Morgan fingerprint density at radius 3 is 1.28 bits per heavy atom. The van der Waals surface area contributed by atoms with Crippen LogP contribution in [-0.4, -0.2) is 36.8 Å². The summed E-state index contributed by atoms with van der Waals surface area (Å²) < 4.78 is 48.1. The minimum Gasteiger partial charge on any atom is -0.494 e. The summed E-state index contributed by atoms with van der Waals surface area (Å²) in [5.74, 6) is 2.30. The molecule has 0 unspecified atom stereocenters. The van der Waals surface area contributed by atoms with Gasteiger partial charge >= 0.3 is 0 Å². The van der Waals surface area contributed by atoms with E-state index in [-0.39, 0.29) is 10.5 Å². The van der Waals surface area contributed by atoms with Crippen LogP contribution in [-0.2, 0) is 65.0 Å². The van der Waals surface area contributed by atoms with E-state index in [1.807, 2.05) is 104 Å². The van der Waals surface area contributed by atoms with E-state index in [0.29, 0.717) is 65.0 Å². The molecule has 0 aromatic heterocycles. The maximum atomic E-state index is 7.32. The smallest absolute Gasteiger partial charge is 0.127 e. The van der Waals surface area contributed by atoms with Gasteiger partial charge in [0.25, 0.3) is 0 Å². The van der Waals surface area contributed by atoms with Crippen LogP contribution in [0.1, 0.15) is 62.2 Å². The largest absolute Gasteiger partial charge is 0.494 e. The number of benzene rings is 8. The van der Waals surface area contributed by atoms with Crippen LogP contribution in [0.15, 0.2) is 218 Å². The first kappa shape index (κ1) is 49.3. The van der Waals surface area contributed by atoms with E-state index < -0.39 is 18.3 Å². The Hall–Kier alpha value is -6.65. The Labute approximate surface area is 423 Å². The van der Waals surface area contributed by atoms with E-state index in [0.717, 1.165) is 61.6 Å². The molecule has 0 N–H and O–H groups in total. The van der Waals surface area contributed by atoms with E-state index in [9.17, 15) is 0 Å². The molecule has 1 fully saturated rings. The van der Waals surface area contributed by atoms with Gasteiger partial charge < -0.3 is 33.2 Å². The van der Waals surface area contributed by atoms with E-state index in [1.54, 1.807) is 0 Å². The van der Waals surface area contributed by atoms with E-state index in [1.165, 1.54) is 0 Å². The van der Waals surface area contributed by atoms with Crippen LogP contribution in [0.5, 0.6) is 17.2 Å². The lowest BCUT2D eigenvalue weighted by atomic mass is 9.93. The molecule has 1 aliphatic heterocycles. The quantitative estimate of drug-likeness (QED) is 0.0593. The monoisotopic (exact) mass is 962 g/mol. The van der Waals surface area contributed by atoms with Gasteiger partial charge in [0, 0.05) is 18.1 Å². The van der Waals surface area contributed by atoms with Gasteiger partial charge in [0.1, 0.15) is 48.8 Å². The van der Waals surface area contributed by atoms with Crippen molar-refractivity contribution in [3.05, 3.63) is 268 Å². The summed E-state index contributed by atoms with van der Waals surface area (Å²) >= 11 is 1.81. The van der Waals surface area contributed by atoms with Crippen molar-refractivity contribution >= 4 is 11.8 Å². The molecule has 8 heteroatoms. The molecule has 0 saturated carbocycles. The van der Waals surface area contributed by atoms with Crippen molar-refractivity contribution in [1.82, 2.24) is 0 Å². The minimum atomic E-state index is -0.537. The molecule has 5 atom stereocenters. The molecule has 362 valence electrons. The molecule has 0 amide bonds. The van der Waals surface area contributed by atoms with Crippen molar-refractivity contribution in [3.8, 4) is 17.2 Å². The Balaban J connectivity index is 1.17. The third-order valence-corrected chi connectivity index (χ3v) is 14.1. The second-order valence-corrected chi connectivity index (χ2v) is 19.1. The summed E-state index contributed by atoms with van der Waals surface area (Å²) in [4.78, 5) is 0. The van der Waals surface area contributed by atoms with E-state index in [4.69, 9.17) is 33.2 Å². The third kappa shape index (κ3) is 14.3.